The first-order valence-electron chi connectivity index (χ1n) is 14.8. The van der Waals surface area contributed by atoms with E-state index >= 15 is 0 Å². The maximum Gasteiger partial charge on any atom is 0.355 e. The highest BCUT2D eigenvalue weighted by Crippen LogP contribution is 2.35. The van der Waals surface area contributed by atoms with Gasteiger partial charge in [0.2, 0.25) is 0 Å². The second kappa shape index (κ2) is 13.6. The van der Waals surface area contributed by atoms with Crippen molar-refractivity contribution in [3.05, 3.63) is 0 Å². The molecule has 0 N–H and O–H groups in total. The van der Waals surface area contributed by atoms with Gasteiger partial charge in [-0.2, -0.15) is 0 Å². The highest BCUT2D eigenvalue weighted by atomic mass is 16.6. The summed E-state index contributed by atoms with van der Waals surface area (Å²) in [6.07, 6.45) is 14.5. The number of rotatable bonds is 8. The fraction of sp³-hybridized carbons (Fsp3) is 0.862. The van der Waals surface area contributed by atoms with Gasteiger partial charge in [-0.1, -0.05) is 25.7 Å². The molecule has 0 saturated heterocycles. The Bertz CT molecular complexity index is 650. The Morgan fingerprint density at radius 3 is 0.730 bits per heavy atom. The molecule has 0 radical (unpaired) electrons. The van der Waals surface area contributed by atoms with Gasteiger partial charge in [0.25, 0.3) is 0 Å². The minimum atomic E-state index is -2.90. The van der Waals surface area contributed by atoms with Crippen LogP contribution in [0.3, 0.4) is 0 Å². The molecule has 0 aromatic heterocycles. The van der Waals surface area contributed by atoms with Gasteiger partial charge in [-0.05, 0) is 103 Å². The topological polar surface area (TPSA) is 105 Å². The van der Waals surface area contributed by atoms with Crippen LogP contribution in [0.5, 0.6) is 0 Å². The summed E-state index contributed by atoms with van der Waals surface area (Å²) in [5.74, 6) is -4.77. The van der Waals surface area contributed by atoms with Crippen molar-refractivity contribution >= 4 is 23.9 Å². The first-order chi connectivity index (χ1) is 18.0. The third kappa shape index (κ3) is 7.05. The molecule has 4 rings (SSSR count). The fourth-order valence-electron chi connectivity index (χ4n) is 6.19. The van der Waals surface area contributed by atoms with E-state index in [1.165, 1.54) is 0 Å². The van der Waals surface area contributed by atoms with E-state index in [0.717, 1.165) is 77.0 Å². The smallest absolute Gasteiger partial charge is 0.355 e. The molecule has 0 atom stereocenters. The molecule has 0 spiro atoms. The summed E-state index contributed by atoms with van der Waals surface area (Å²) in [6.45, 7) is 0. The van der Waals surface area contributed by atoms with E-state index < -0.39 is 53.7 Å². The normalized spacial score (nSPS) is 23.1. The van der Waals surface area contributed by atoms with Gasteiger partial charge >= 0.3 is 29.3 Å². The van der Waals surface area contributed by atoms with Crippen LogP contribution in [-0.4, -0.2) is 48.3 Å². The van der Waals surface area contributed by atoms with Crippen LogP contribution >= 0.6 is 0 Å². The highest BCUT2D eigenvalue weighted by molar-refractivity contribution is 6.33. The molecule has 37 heavy (non-hydrogen) atoms. The van der Waals surface area contributed by atoms with Crippen LogP contribution in [0.4, 0.5) is 0 Å². The van der Waals surface area contributed by atoms with Gasteiger partial charge in [-0.25, -0.2) is 19.2 Å². The Labute approximate surface area is 220 Å². The lowest BCUT2D eigenvalue weighted by molar-refractivity contribution is -0.201. The zero-order valence-corrected chi connectivity index (χ0v) is 22.2. The monoisotopic (exact) mass is 520 g/mol. The Morgan fingerprint density at radius 2 is 0.541 bits per heavy atom. The van der Waals surface area contributed by atoms with Crippen molar-refractivity contribution in [3.8, 4) is 0 Å². The molecule has 0 unspecified atom stereocenters. The first-order valence-corrected chi connectivity index (χ1v) is 14.8. The van der Waals surface area contributed by atoms with E-state index in [0.29, 0.717) is 51.4 Å². The average molecular weight is 521 g/mol. The molecule has 0 amide bonds. The molecule has 4 saturated carbocycles. The predicted octanol–water partition coefficient (Wildman–Crippen LogP) is 5.48. The van der Waals surface area contributed by atoms with Crippen molar-refractivity contribution < 1.29 is 38.1 Å². The predicted molar refractivity (Wildman–Crippen MR) is 134 cm³/mol. The van der Waals surface area contributed by atoms with Crippen molar-refractivity contribution in [1.82, 2.24) is 0 Å². The van der Waals surface area contributed by atoms with E-state index in [-0.39, 0.29) is 0 Å². The van der Waals surface area contributed by atoms with Gasteiger partial charge in [0.05, 0.1) is 0 Å². The molecule has 8 heteroatoms. The number of hydrogen-bond acceptors (Lipinski definition) is 8. The van der Waals surface area contributed by atoms with Crippen LogP contribution < -0.4 is 0 Å². The summed E-state index contributed by atoms with van der Waals surface area (Å²) in [7, 11) is 0. The molecule has 8 nitrogen and oxygen atoms in total. The standard InChI is InChI=1S/C29H44O8/c30-25(34-21-13-5-1-6-14-21)29(26(31)35-22-15-7-2-8-16-22,27(32)36-23-17-9-3-10-18-23)28(33)37-24-19-11-4-12-20-24/h21-24H,1-20H2. The lowest BCUT2D eigenvalue weighted by Crippen LogP contribution is -2.58. The average Bonchev–Trinajstić information content (AvgIpc) is 2.91. The maximum atomic E-state index is 13.9. The summed E-state index contributed by atoms with van der Waals surface area (Å²) in [6, 6.07) is 0. The van der Waals surface area contributed by atoms with Gasteiger partial charge in [0, 0.05) is 0 Å². The second-order valence-corrected chi connectivity index (χ2v) is 11.4. The quantitative estimate of drug-likeness (QED) is 0.235. The minimum Gasteiger partial charge on any atom is -0.461 e. The minimum absolute atomic E-state index is 0.451. The number of hydrogen-bond donors (Lipinski definition) is 0. The Hall–Kier alpha value is -2.12. The molecule has 0 heterocycles. The number of ether oxygens (including phenoxy) is 4. The summed E-state index contributed by atoms with van der Waals surface area (Å²) in [5, 5.41) is 0. The maximum absolute atomic E-state index is 13.9. The molecule has 4 aliphatic rings. The van der Waals surface area contributed by atoms with Crippen LogP contribution in [0.1, 0.15) is 128 Å². The molecule has 0 aromatic rings. The summed E-state index contributed by atoms with van der Waals surface area (Å²) >= 11 is 0. The van der Waals surface area contributed by atoms with Crippen molar-refractivity contribution in [2.24, 2.45) is 5.41 Å². The van der Waals surface area contributed by atoms with Crippen molar-refractivity contribution in [3.63, 3.8) is 0 Å². The van der Waals surface area contributed by atoms with Crippen molar-refractivity contribution in [1.29, 1.82) is 0 Å². The highest BCUT2D eigenvalue weighted by Gasteiger charge is 2.67. The third-order valence-corrected chi connectivity index (χ3v) is 8.53. The summed E-state index contributed by atoms with van der Waals surface area (Å²) in [4.78, 5) is 55.4. The lowest BCUT2D eigenvalue weighted by Gasteiger charge is -2.34. The molecule has 4 fully saturated rings. The van der Waals surface area contributed by atoms with Crippen molar-refractivity contribution in [2.75, 3.05) is 0 Å². The van der Waals surface area contributed by atoms with Gasteiger partial charge in [-0.3, -0.25) is 0 Å². The Morgan fingerprint density at radius 1 is 0.351 bits per heavy atom. The van der Waals surface area contributed by atoms with Crippen LogP contribution in [0.15, 0.2) is 0 Å². The molecule has 0 aliphatic heterocycles. The van der Waals surface area contributed by atoms with Crippen molar-refractivity contribution in [2.45, 2.75) is 153 Å². The van der Waals surface area contributed by atoms with E-state index in [2.05, 4.69) is 0 Å². The van der Waals surface area contributed by atoms with Crippen LogP contribution in [0, 0.1) is 5.41 Å². The Kier molecular flexibility index (Phi) is 10.3. The fourth-order valence-corrected chi connectivity index (χ4v) is 6.19. The van der Waals surface area contributed by atoms with Crippen LogP contribution in [0.2, 0.25) is 0 Å². The Balaban J connectivity index is 1.64. The molecular weight excluding hydrogens is 476 g/mol. The van der Waals surface area contributed by atoms with Gasteiger partial charge in [-0.15, -0.1) is 0 Å². The first kappa shape index (κ1) is 27.9. The zero-order chi connectivity index (χ0) is 26.1. The van der Waals surface area contributed by atoms with Gasteiger partial charge < -0.3 is 18.9 Å². The van der Waals surface area contributed by atoms with Crippen LogP contribution in [-0.2, 0) is 38.1 Å². The second-order valence-electron chi connectivity index (χ2n) is 11.4. The van der Waals surface area contributed by atoms with E-state index in [1.807, 2.05) is 0 Å². The number of esters is 4. The molecule has 0 bridgehead atoms. The lowest BCUT2D eigenvalue weighted by atomic mass is 9.86. The summed E-state index contributed by atoms with van der Waals surface area (Å²) in [5.41, 5.74) is -2.90. The summed E-state index contributed by atoms with van der Waals surface area (Å²) < 4.78 is 23.0. The van der Waals surface area contributed by atoms with Crippen LogP contribution in [0.25, 0.3) is 0 Å². The van der Waals surface area contributed by atoms with E-state index in [4.69, 9.17) is 18.9 Å². The molecule has 0 aromatic carbocycles. The zero-order valence-electron chi connectivity index (χ0n) is 22.2. The van der Waals surface area contributed by atoms with Gasteiger partial charge in [0.15, 0.2) is 0 Å². The molecular formula is C29H44O8. The molecule has 208 valence electrons. The third-order valence-electron chi connectivity index (χ3n) is 8.53. The number of carbonyl (C=O) groups is 4. The SMILES string of the molecule is O=C(OC1CCCCC1)C(C(=O)OC1CCCCC1)(C(=O)OC1CCCCC1)C(=O)OC1CCCCC1. The van der Waals surface area contributed by atoms with Gasteiger partial charge in [0.1, 0.15) is 24.4 Å². The van der Waals surface area contributed by atoms with E-state index in [1.54, 1.807) is 0 Å². The molecule has 4 aliphatic carbocycles. The number of carbonyl (C=O) groups excluding carboxylic acids is 4. The van der Waals surface area contributed by atoms with E-state index in [9.17, 15) is 19.2 Å². The largest absolute Gasteiger partial charge is 0.461 e.